The van der Waals surface area contributed by atoms with Crippen molar-refractivity contribution in [1.29, 1.82) is 5.26 Å². The molecule has 1 aromatic heterocycles. The first kappa shape index (κ1) is 18.1. The van der Waals surface area contributed by atoms with Crippen LogP contribution in [0.2, 0.25) is 0 Å². The Labute approximate surface area is 146 Å². The van der Waals surface area contributed by atoms with E-state index in [4.69, 9.17) is 14.7 Å². The molecule has 0 aliphatic carbocycles. The third-order valence-electron chi connectivity index (χ3n) is 3.32. The Balaban J connectivity index is 2.06. The van der Waals surface area contributed by atoms with Crippen LogP contribution in [-0.2, 0) is 4.79 Å². The van der Waals surface area contributed by atoms with Crippen LogP contribution in [0.3, 0.4) is 0 Å². The molecule has 0 unspecified atom stereocenters. The lowest BCUT2D eigenvalue weighted by Crippen LogP contribution is -2.14. The van der Waals surface area contributed by atoms with Gasteiger partial charge in [0.2, 0.25) is 5.91 Å². The summed E-state index contributed by atoms with van der Waals surface area (Å²) in [5.74, 6) is 1.36. The molecule has 0 radical (unpaired) electrons. The van der Waals surface area contributed by atoms with Gasteiger partial charge in [0.15, 0.2) is 18.1 Å². The molecule has 2 rings (SSSR count). The van der Waals surface area contributed by atoms with Crippen molar-refractivity contribution >= 4 is 17.8 Å². The first-order valence-electron chi connectivity index (χ1n) is 7.75. The first-order valence-corrected chi connectivity index (χ1v) is 7.75. The predicted molar refractivity (Wildman–Crippen MR) is 94.4 cm³/mol. The van der Waals surface area contributed by atoms with Gasteiger partial charge in [0.25, 0.3) is 0 Å². The maximum Gasteiger partial charge on any atom is 0.249 e. The van der Waals surface area contributed by atoms with Crippen molar-refractivity contribution in [1.82, 2.24) is 9.78 Å². The third kappa shape index (κ3) is 4.85. The number of nitriles is 1. The Morgan fingerprint density at radius 3 is 2.88 bits per heavy atom. The van der Waals surface area contributed by atoms with E-state index in [9.17, 15) is 4.79 Å². The summed E-state index contributed by atoms with van der Waals surface area (Å²) in [4.78, 5) is 12.1. The number of hydrogen-bond acceptors (Lipinski definition) is 5. The maximum atomic E-state index is 12.1. The summed E-state index contributed by atoms with van der Waals surface area (Å²) >= 11 is 0. The van der Waals surface area contributed by atoms with Crippen molar-refractivity contribution < 1.29 is 14.3 Å². The summed E-state index contributed by atoms with van der Waals surface area (Å²) in [6.45, 7) is 3.92. The van der Waals surface area contributed by atoms with Crippen LogP contribution in [0, 0.1) is 11.3 Å². The van der Waals surface area contributed by atoms with E-state index in [1.54, 1.807) is 41.2 Å². The number of anilines is 1. The van der Waals surface area contributed by atoms with Crippen molar-refractivity contribution in [2.24, 2.45) is 0 Å². The van der Waals surface area contributed by atoms with Gasteiger partial charge in [-0.15, -0.1) is 0 Å². The number of methoxy groups -OCH3 is 1. The molecule has 0 aliphatic heterocycles. The smallest absolute Gasteiger partial charge is 0.249 e. The second kappa shape index (κ2) is 8.55. The van der Waals surface area contributed by atoms with E-state index >= 15 is 0 Å². The van der Waals surface area contributed by atoms with Gasteiger partial charge >= 0.3 is 0 Å². The van der Waals surface area contributed by atoms with E-state index in [2.05, 4.69) is 10.4 Å². The van der Waals surface area contributed by atoms with Gasteiger partial charge in [-0.2, -0.15) is 10.4 Å². The number of rotatable bonds is 7. The van der Waals surface area contributed by atoms with Gasteiger partial charge in [0.05, 0.1) is 13.3 Å². The van der Waals surface area contributed by atoms with E-state index in [-0.39, 0.29) is 18.6 Å². The molecule has 130 valence electrons. The van der Waals surface area contributed by atoms with Crippen molar-refractivity contribution in [3.05, 3.63) is 42.1 Å². The highest BCUT2D eigenvalue weighted by Gasteiger charge is 2.08. The van der Waals surface area contributed by atoms with E-state index in [1.807, 2.05) is 19.9 Å². The van der Waals surface area contributed by atoms with E-state index in [0.717, 1.165) is 5.56 Å². The molecule has 1 amide bonds. The molecular weight excluding hydrogens is 320 g/mol. The minimum Gasteiger partial charge on any atom is -0.493 e. The van der Waals surface area contributed by atoms with Gasteiger partial charge in [-0.25, -0.2) is 4.68 Å². The molecule has 25 heavy (non-hydrogen) atoms. The van der Waals surface area contributed by atoms with Gasteiger partial charge in [0, 0.05) is 18.2 Å². The van der Waals surface area contributed by atoms with Gasteiger partial charge in [-0.1, -0.05) is 6.07 Å². The van der Waals surface area contributed by atoms with Gasteiger partial charge in [0.1, 0.15) is 11.9 Å². The minimum atomic E-state index is -0.258. The summed E-state index contributed by atoms with van der Waals surface area (Å²) in [5, 5.41) is 15.5. The number of ether oxygens (including phenoxy) is 2. The maximum absolute atomic E-state index is 12.1. The SMILES string of the molecule is COc1cc(C=CC(=O)Nc2ccnn2C(C)C)ccc1OCC#N. The van der Waals surface area contributed by atoms with Crippen LogP contribution in [0.4, 0.5) is 5.82 Å². The molecule has 1 heterocycles. The van der Waals surface area contributed by atoms with Crippen molar-refractivity contribution in [2.75, 3.05) is 19.0 Å². The Kier molecular flexibility index (Phi) is 6.18. The molecule has 0 aliphatic rings. The monoisotopic (exact) mass is 340 g/mol. The topological polar surface area (TPSA) is 89.2 Å². The Hall–Kier alpha value is -3.27. The second-order valence-electron chi connectivity index (χ2n) is 5.43. The van der Waals surface area contributed by atoms with E-state index in [0.29, 0.717) is 17.3 Å². The normalized spacial score (nSPS) is 10.7. The standard InChI is InChI=1S/C18H20N4O3/c1-13(2)22-17(8-10-20-22)21-18(23)7-5-14-4-6-15(25-11-9-19)16(12-14)24-3/h4-8,10,12-13H,11H2,1-3H3,(H,21,23). The molecule has 0 fully saturated rings. The number of aromatic nitrogens is 2. The molecule has 7 nitrogen and oxygen atoms in total. The summed E-state index contributed by atoms with van der Waals surface area (Å²) in [5.41, 5.74) is 0.772. The van der Waals surface area contributed by atoms with E-state index < -0.39 is 0 Å². The molecule has 1 N–H and O–H groups in total. The third-order valence-corrected chi connectivity index (χ3v) is 3.32. The van der Waals surface area contributed by atoms with Crippen LogP contribution in [0.15, 0.2) is 36.5 Å². The summed E-state index contributed by atoms with van der Waals surface area (Å²) in [6, 6.07) is 9.00. The zero-order valence-electron chi connectivity index (χ0n) is 14.4. The molecule has 2 aromatic rings. The molecule has 0 saturated carbocycles. The molecule has 0 bridgehead atoms. The molecule has 7 heteroatoms. The number of nitrogens with zero attached hydrogens (tertiary/aromatic N) is 3. The summed E-state index contributed by atoms with van der Waals surface area (Å²) in [7, 11) is 1.52. The number of amides is 1. The molecule has 0 atom stereocenters. The van der Waals surface area contributed by atoms with Gasteiger partial charge in [-0.05, 0) is 37.6 Å². The van der Waals surface area contributed by atoms with Crippen molar-refractivity contribution in [3.8, 4) is 17.6 Å². The molecular formula is C18H20N4O3. The lowest BCUT2D eigenvalue weighted by atomic mass is 10.2. The van der Waals surface area contributed by atoms with Crippen LogP contribution in [0.5, 0.6) is 11.5 Å². The highest BCUT2D eigenvalue weighted by Crippen LogP contribution is 2.28. The average Bonchev–Trinajstić information content (AvgIpc) is 3.06. The fraction of sp³-hybridized carbons (Fsp3) is 0.278. The van der Waals surface area contributed by atoms with Crippen LogP contribution < -0.4 is 14.8 Å². The van der Waals surface area contributed by atoms with Crippen LogP contribution in [0.25, 0.3) is 6.08 Å². The number of carbonyl (C=O) groups is 1. The Morgan fingerprint density at radius 1 is 1.40 bits per heavy atom. The first-order chi connectivity index (χ1) is 12.0. The quantitative estimate of drug-likeness (QED) is 0.783. The summed E-state index contributed by atoms with van der Waals surface area (Å²) < 4.78 is 12.2. The molecule has 0 saturated heterocycles. The fourth-order valence-electron chi connectivity index (χ4n) is 2.18. The Morgan fingerprint density at radius 2 is 2.20 bits per heavy atom. The van der Waals surface area contributed by atoms with E-state index in [1.165, 1.54) is 13.2 Å². The fourth-order valence-corrected chi connectivity index (χ4v) is 2.18. The zero-order chi connectivity index (χ0) is 18.2. The summed E-state index contributed by atoms with van der Waals surface area (Å²) in [6.07, 6.45) is 4.74. The number of hydrogen-bond donors (Lipinski definition) is 1. The predicted octanol–water partition coefficient (Wildman–Crippen LogP) is 3.03. The largest absolute Gasteiger partial charge is 0.493 e. The zero-order valence-corrected chi connectivity index (χ0v) is 14.4. The average molecular weight is 340 g/mol. The molecule has 0 spiro atoms. The molecule has 1 aromatic carbocycles. The number of nitrogens with one attached hydrogen (secondary N) is 1. The van der Waals surface area contributed by atoms with Gasteiger partial charge in [-0.3, -0.25) is 4.79 Å². The minimum absolute atomic E-state index is 0.0580. The lowest BCUT2D eigenvalue weighted by molar-refractivity contribution is -0.111. The van der Waals surface area contributed by atoms with Crippen LogP contribution in [-0.4, -0.2) is 29.4 Å². The van der Waals surface area contributed by atoms with Crippen LogP contribution in [0.1, 0.15) is 25.5 Å². The van der Waals surface area contributed by atoms with Crippen molar-refractivity contribution in [2.45, 2.75) is 19.9 Å². The Bertz CT molecular complexity index is 803. The van der Waals surface area contributed by atoms with Crippen molar-refractivity contribution in [3.63, 3.8) is 0 Å². The van der Waals surface area contributed by atoms with Gasteiger partial charge < -0.3 is 14.8 Å². The number of benzene rings is 1. The highest BCUT2D eigenvalue weighted by molar-refractivity contribution is 6.01. The number of carbonyl (C=O) groups excluding carboxylic acids is 1. The lowest BCUT2D eigenvalue weighted by Gasteiger charge is -2.10. The second-order valence-corrected chi connectivity index (χ2v) is 5.43. The highest BCUT2D eigenvalue weighted by atomic mass is 16.5. The van der Waals surface area contributed by atoms with Crippen LogP contribution >= 0.6 is 0 Å².